The molecule has 0 spiro atoms. The topological polar surface area (TPSA) is 69.6 Å². The number of anilines is 2. The predicted octanol–water partition coefficient (Wildman–Crippen LogP) is 0.844. The Hall–Kier alpha value is -1.85. The Morgan fingerprint density at radius 3 is 2.94 bits per heavy atom. The van der Waals surface area contributed by atoms with Crippen LogP contribution in [0, 0.1) is 5.92 Å². The lowest BCUT2D eigenvalue weighted by Gasteiger charge is -2.31. The van der Waals surface area contributed by atoms with Gasteiger partial charge in [-0.15, -0.1) is 0 Å². The summed E-state index contributed by atoms with van der Waals surface area (Å²) in [4.78, 5) is 23.4. The maximum Gasteiger partial charge on any atom is 0.308 e. The summed E-state index contributed by atoms with van der Waals surface area (Å²) in [7, 11) is 3.84. The Labute approximate surface area is 106 Å². The molecule has 1 aromatic rings. The van der Waals surface area contributed by atoms with Gasteiger partial charge in [0.2, 0.25) is 0 Å². The van der Waals surface area contributed by atoms with Gasteiger partial charge in [0, 0.05) is 33.3 Å². The second kappa shape index (κ2) is 5.20. The number of aromatic nitrogens is 2. The van der Waals surface area contributed by atoms with Crippen molar-refractivity contribution < 1.29 is 9.90 Å². The number of hydrogen-bond acceptors (Lipinski definition) is 5. The van der Waals surface area contributed by atoms with Gasteiger partial charge in [0.25, 0.3) is 0 Å². The van der Waals surface area contributed by atoms with Crippen molar-refractivity contribution in [2.24, 2.45) is 5.92 Å². The summed E-state index contributed by atoms with van der Waals surface area (Å²) >= 11 is 0. The van der Waals surface area contributed by atoms with Gasteiger partial charge >= 0.3 is 5.97 Å². The maximum atomic E-state index is 11.0. The minimum Gasteiger partial charge on any atom is -0.481 e. The van der Waals surface area contributed by atoms with Gasteiger partial charge in [-0.3, -0.25) is 4.79 Å². The van der Waals surface area contributed by atoms with Gasteiger partial charge in [-0.25, -0.2) is 9.97 Å². The monoisotopic (exact) mass is 250 g/mol. The van der Waals surface area contributed by atoms with E-state index < -0.39 is 5.97 Å². The van der Waals surface area contributed by atoms with E-state index in [-0.39, 0.29) is 5.92 Å². The number of hydrogen-bond donors (Lipinski definition) is 1. The molecule has 1 aromatic heterocycles. The first-order valence-corrected chi connectivity index (χ1v) is 6.05. The van der Waals surface area contributed by atoms with Crippen LogP contribution in [0.4, 0.5) is 11.6 Å². The van der Waals surface area contributed by atoms with E-state index in [4.69, 9.17) is 5.11 Å². The minimum atomic E-state index is -0.721. The lowest BCUT2D eigenvalue weighted by atomic mass is 9.98. The lowest BCUT2D eigenvalue weighted by Crippen LogP contribution is -2.39. The third-order valence-corrected chi connectivity index (χ3v) is 3.19. The van der Waals surface area contributed by atoms with Gasteiger partial charge in [-0.1, -0.05) is 0 Å². The van der Waals surface area contributed by atoms with Gasteiger partial charge in [0.1, 0.15) is 18.0 Å². The molecule has 6 heteroatoms. The summed E-state index contributed by atoms with van der Waals surface area (Å²) < 4.78 is 0. The number of carboxylic acid groups (broad SMARTS) is 1. The van der Waals surface area contributed by atoms with Crippen LogP contribution in [0.2, 0.25) is 0 Å². The summed E-state index contributed by atoms with van der Waals surface area (Å²) in [5.74, 6) is 0.621. The minimum absolute atomic E-state index is 0.295. The molecule has 0 amide bonds. The van der Waals surface area contributed by atoms with Crippen LogP contribution in [-0.2, 0) is 4.79 Å². The number of carboxylic acids is 1. The van der Waals surface area contributed by atoms with Crippen molar-refractivity contribution in [2.45, 2.75) is 12.8 Å². The van der Waals surface area contributed by atoms with E-state index in [0.29, 0.717) is 6.54 Å². The van der Waals surface area contributed by atoms with Crippen LogP contribution < -0.4 is 9.80 Å². The van der Waals surface area contributed by atoms with Crippen LogP contribution >= 0.6 is 0 Å². The van der Waals surface area contributed by atoms with Crippen LogP contribution in [0.25, 0.3) is 0 Å². The Balaban J connectivity index is 2.15. The molecule has 1 unspecified atom stereocenters. The van der Waals surface area contributed by atoms with Crippen molar-refractivity contribution in [3.05, 3.63) is 12.4 Å². The summed E-state index contributed by atoms with van der Waals surface area (Å²) in [6, 6.07) is 1.89. The molecular weight excluding hydrogens is 232 g/mol. The number of piperidine rings is 1. The maximum absolute atomic E-state index is 11.0. The van der Waals surface area contributed by atoms with Crippen LogP contribution in [0.15, 0.2) is 12.4 Å². The third-order valence-electron chi connectivity index (χ3n) is 3.19. The van der Waals surface area contributed by atoms with Gasteiger partial charge in [0.15, 0.2) is 0 Å². The molecule has 1 N–H and O–H groups in total. The molecule has 0 saturated carbocycles. The van der Waals surface area contributed by atoms with E-state index in [0.717, 1.165) is 31.0 Å². The molecule has 0 aromatic carbocycles. The third kappa shape index (κ3) is 2.69. The molecule has 1 saturated heterocycles. The number of carbonyl (C=O) groups is 1. The summed E-state index contributed by atoms with van der Waals surface area (Å²) in [5.41, 5.74) is 0. The first kappa shape index (κ1) is 12.6. The van der Waals surface area contributed by atoms with Crippen molar-refractivity contribution in [3.8, 4) is 0 Å². The first-order chi connectivity index (χ1) is 8.58. The highest BCUT2D eigenvalue weighted by molar-refractivity contribution is 5.71. The van der Waals surface area contributed by atoms with Crippen molar-refractivity contribution in [2.75, 3.05) is 37.0 Å². The summed E-state index contributed by atoms with van der Waals surface area (Å²) in [6.07, 6.45) is 3.16. The average Bonchev–Trinajstić information content (AvgIpc) is 2.39. The van der Waals surface area contributed by atoms with Crippen LogP contribution in [0.5, 0.6) is 0 Å². The Morgan fingerprint density at radius 2 is 2.28 bits per heavy atom. The molecule has 2 rings (SSSR count). The van der Waals surface area contributed by atoms with Crippen LogP contribution in [-0.4, -0.2) is 48.2 Å². The average molecular weight is 250 g/mol. The van der Waals surface area contributed by atoms with E-state index >= 15 is 0 Å². The zero-order valence-electron chi connectivity index (χ0n) is 10.7. The SMILES string of the molecule is CN(C)c1cc(N2CCCC(C(=O)O)C2)ncn1. The fourth-order valence-electron chi connectivity index (χ4n) is 2.14. The molecule has 1 fully saturated rings. The van der Waals surface area contributed by atoms with Crippen molar-refractivity contribution in [1.29, 1.82) is 0 Å². The summed E-state index contributed by atoms with van der Waals surface area (Å²) in [6.45, 7) is 1.38. The molecule has 98 valence electrons. The van der Waals surface area contributed by atoms with E-state index in [2.05, 4.69) is 9.97 Å². The molecular formula is C12H18N4O2. The van der Waals surface area contributed by atoms with Crippen LogP contribution in [0.1, 0.15) is 12.8 Å². The highest BCUT2D eigenvalue weighted by Crippen LogP contribution is 2.23. The summed E-state index contributed by atoms with van der Waals surface area (Å²) in [5, 5.41) is 9.08. The first-order valence-electron chi connectivity index (χ1n) is 6.05. The fourth-order valence-corrected chi connectivity index (χ4v) is 2.14. The van der Waals surface area contributed by atoms with E-state index in [1.165, 1.54) is 6.33 Å². The Bertz CT molecular complexity index is 436. The molecule has 1 atom stereocenters. The second-order valence-electron chi connectivity index (χ2n) is 4.75. The van der Waals surface area contributed by atoms with E-state index in [1.807, 2.05) is 30.0 Å². The molecule has 1 aliphatic heterocycles. The quantitative estimate of drug-likeness (QED) is 0.857. The molecule has 18 heavy (non-hydrogen) atoms. The molecule has 2 heterocycles. The number of rotatable bonds is 3. The highest BCUT2D eigenvalue weighted by Gasteiger charge is 2.26. The van der Waals surface area contributed by atoms with E-state index in [1.54, 1.807) is 0 Å². The molecule has 6 nitrogen and oxygen atoms in total. The Morgan fingerprint density at radius 1 is 1.50 bits per heavy atom. The molecule has 0 aliphatic carbocycles. The zero-order valence-corrected chi connectivity index (χ0v) is 10.7. The van der Waals surface area contributed by atoms with E-state index in [9.17, 15) is 4.79 Å². The molecule has 1 aliphatic rings. The van der Waals surface area contributed by atoms with Crippen molar-refractivity contribution in [3.63, 3.8) is 0 Å². The Kier molecular flexibility index (Phi) is 3.64. The van der Waals surface area contributed by atoms with Gasteiger partial charge in [-0.2, -0.15) is 0 Å². The van der Waals surface area contributed by atoms with Gasteiger partial charge in [-0.05, 0) is 12.8 Å². The van der Waals surface area contributed by atoms with Gasteiger partial charge in [0.05, 0.1) is 5.92 Å². The van der Waals surface area contributed by atoms with Gasteiger partial charge < -0.3 is 14.9 Å². The normalized spacial score (nSPS) is 19.7. The number of aliphatic carboxylic acids is 1. The second-order valence-corrected chi connectivity index (χ2v) is 4.75. The lowest BCUT2D eigenvalue weighted by molar-refractivity contribution is -0.141. The molecule has 0 bridgehead atoms. The predicted molar refractivity (Wildman–Crippen MR) is 68.9 cm³/mol. The molecule has 0 radical (unpaired) electrons. The standard InChI is InChI=1S/C12H18N4O2/c1-15(2)10-6-11(14-8-13-10)16-5-3-4-9(7-16)12(17)18/h6,8-9H,3-5,7H2,1-2H3,(H,17,18). The van der Waals surface area contributed by atoms with Crippen molar-refractivity contribution in [1.82, 2.24) is 9.97 Å². The smallest absolute Gasteiger partial charge is 0.308 e. The highest BCUT2D eigenvalue weighted by atomic mass is 16.4. The number of nitrogens with zero attached hydrogens (tertiary/aromatic N) is 4. The van der Waals surface area contributed by atoms with Crippen molar-refractivity contribution >= 4 is 17.6 Å². The van der Waals surface area contributed by atoms with Crippen LogP contribution in [0.3, 0.4) is 0 Å². The zero-order chi connectivity index (χ0) is 13.1. The largest absolute Gasteiger partial charge is 0.481 e. The fraction of sp³-hybridized carbons (Fsp3) is 0.583.